The molecule has 3 rings (SSSR count). The van der Waals surface area contributed by atoms with Crippen LogP contribution in [0.1, 0.15) is 22.8 Å². The predicted molar refractivity (Wildman–Crippen MR) is 103 cm³/mol. The van der Waals surface area contributed by atoms with Gasteiger partial charge in [-0.05, 0) is 42.3 Å². The van der Waals surface area contributed by atoms with E-state index in [9.17, 15) is 4.79 Å². The van der Waals surface area contributed by atoms with Gasteiger partial charge in [-0.1, -0.05) is 25.1 Å². The average molecular weight is 354 g/mol. The lowest BCUT2D eigenvalue weighted by atomic mass is 10.1. The SMILES string of the molecule is CCc1ccccc1OC1CN(C(=O)c2ccc(N(C)CCO)cc2)C1. The Morgan fingerprint density at radius 1 is 1.19 bits per heavy atom. The number of amides is 1. The Morgan fingerprint density at radius 3 is 2.54 bits per heavy atom. The van der Waals surface area contributed by atoms with Gasteiger partial charge in [0, 0.05) is 24.8 Å². The number of carbonyl (C=O) groups is 1. The highest BCUT2D eigenvalue weighted by Crippen LogP contribution is 2.24. The van der Waals surface area contributed by atoms with Crippen molar-refractivity contribution in [3.8, 4) is 5.75 Å². The third-order valence-electron chi connectivity index (χ3n) is 4.77. The smallest absolute Gasteiger partial charge is 0.254 e. The van der Waals surface area contributed by atoms with Crippen molar-refractivity contribution in [2.75, 3.05) is 38.2 Å². The maximum absolute atomic E-state index is 12.6. The summed E-state index contributed by atoms with van der Waals surface area (Å²) in [5, 5.41) is 9.00. The molecule has 0 saturated carbocycles. The number of benzene rings is 2. The maximum atomic E-state index is 12.6. The lowest BCUT2D eigenvalue weighted by molar-refractivity contribution is 0.0174. The molecule has 0 aliphatic carbocycles. The highest BCUT2D eigenvalue weighted by molar-refractivity contribution is 5.95. The fourth-order valence-electron chi connectivity index (χ4n) is 3.09. The summed E-state index contributed by atoms with van der Waals surface area (Å²) in [6, 6.07) is 15.6. The fraction of sp³-hybridized carbons (Fsp3) is 0.381. The number of anilines is 1. The number of aliphatic hydroxyl groups is 1. The van der Waals surface area contributed by atoms with E-state index in [1.807, 2.05) is 59.3 Å². The third kappa shape index (κ3) is 3.99. The van der Waals surface area contributed by atoms with Crippen LogP contribution in [0.15, 0.2) is 48.5 Å². The minimum Gasteiger partial charge on any atom is -0.486 e. The second-order valence-corrected chi connectivity index (χ2v) is 6.60. The summed E-state index contributed by atoms with van der Waals surface area (Å²) in [5.74, 6) is 0.952. The zero-order chi connectivity index (χ0) is 18.5. The Morgan fingerprint density at radius 2 is 1.88 bits per heavy atom. The highest BCUT2D eigenvalue weighted by Gasteiger charge is 2.33. The van der Waals surface area contributed by atoms with Gasteiger partial charge in [0.15, 0.2) is 0 Å². The molecule has 138 valence electrons. The molecule has 0 atom stereocenters. The van der Waals surface area contributed by atoms with E-state index in [0.717, 1.165) is 17.9 Å². The first kappa shape index (κ1) is 18.3. The van der Waals surface area contributed by atoms with Gasteiger partial charge in [0.25, 0.3) is 5.91 Å². The molecule has 5 nitrogen and oxygen atoms in total. The largest absolute Gasteiger partial charge is 0.486 e. The average Bonchev–Trinajstić information content (AvgIpc) is 2.64. The molecule has 1 amide bonds. The predicted octanol–water partition coefficient (Wildman–Crippen LogP) is 2.58. The van der Waals surface area contributed by atoms with Crippen LogP contribution in [0.25, 0.3) is 0 Å². The van der Waals surface area contributed by atoms with Crippen molar-refractivity contribution in [2.45, 2.75) is 19.4 Å². The number of likely N-dealkylation sites (N-methyl/N-ethyl adjacent to an activating group) is 1. The zero-order valence-electron chi connectivity index (χ0n) is 15.4. The number of para-hydroxylation sites is 1. The number of aliphatic hydroxyl groups excluding tert-OH is 1. The molecular formula is C21H26N2O3. The summed E-state index contributed by atoms with van der Waals surface area (Å²) < 4.78 is 6.04. The number of hydrogen-bond acceptors (Lipinski definition) is 4. The van der Waals surface area contributed by atoms with Gasteiger partial charge in [0.1, 0.15) is 11.9 Å². The Hall–Kier alpha value is -2.53. The molecule has 0 bridgehead atoms. The third-order valence-corrected chi connectivity index (χ3v) is 4.77. The van der Waals surface area contributed by atoms with Gasteiger partial charge in [0.2, 0.25) is 0 Å². The van der Waals surface area contributed by atoms with Crippen LogP contribution < -0.4 is 9.64 Å². The first-order valence-electron chi connectivity index (χ1n) is 9.08. The summed E-state index contributed by atoms with van der Waals surface area (Å²) in [6.45, 7) is 4.01. The van der Waals surface area contributed by atoms with Crippen LogP contribution in [-0.2, 0) is 6.42 Å². The molecule has 1 aliphatic heterocycles. The van der Waals surface area contributed by atoms with Gasteiger partial charge in [-0.25, -0.2) is 0 Å². The molecule has 2 aromatic rings. The fourth-order valence-corrected chi connectivity index (χ4v) is 3.09. The van der Waals surface area contributed by atoms with Gasteiger partial charge in [-0.15, -0.1) is 0 Å². The van der Waals surface area contributed by atoms with Crippen molar-refractivity contribution < 1.29 is 14.6 Å². The van der Waals surface area contributed by atoms with Crippen LogP contribution >= 0.6 is 0 Å². The van der Waals surface area contributed by atoms with E-state index in [-0.39, 0.29) is 18.6 Å². The molecule has 0 aromatic heterocycles. The van der Waals surface area contributed by atoms with E-state index >= 15 is 0 Å². The molecule has 0 radical (unpaired) electrons. The van der Waals surface area contributed by atoms with Gasteiger partial charge >= 0.3 is 0 Å². The molecule has 1 fully saturated rings. The number of rotatable bonds is 7. The quantitative estimate of drug-likeness (QED) is 0.830. The number of hydrogen-bond donors (Lipinski definition) is 1. The van der Waals surface area contributed by atoms with Crippen molar-refractivity contribution in [3.63, 3.8) is 0 Å². The minimum absolute atomic E-state index is 0.0324. The molecule has 2 aromatic carbocycles. The Bertz CT molecular complexity index is 739. The standard InChI is InChI=1S/C21H26N2O3/c1-3-16-6-4-5-7-20(16)26-19-14-23(15-19)21(25)17-8-10-18(11-9-17)22(2)12-13-24/h4-11,19,24H,3,12-15H2,1-2H3. The summed E-state index contributed by atoms with van der Waals surface area (Å²) in [6.07, 6.45) is 0.990. The molecule has 26 heavy (non-hydrogen) atoms. The molecular weight excluding hydrogens is 328 g/mol. The molecule has 5 heteroatoms. The van der Waals surface area contributed by atoms with Crippen molar-refractivity contribution in [3.05, 3.63) is 59.7 Å². The summed E-state index contributed by atoms with van der Waals surface area (Å²) in [5.41, 5.74) is 2.86. The summed E-state index contributed by atoms with van der Waals surface area (Å²) in [4.78, 5) is 16.3. The summed E-state index contributed by atoms with van der Waals surface area (Å²) >= 11 is 0. The summed E-state index contributed by atoms with van der Waals surface area (Å²) in [7, 11) is 1.92. The van der Waals surface area contributed by atoms with Crippen molar-refractivity contribution in [1.82, 2.24) is 4.90 Å². The number of likely N-dealkylation sites (tertiary alicyclic amines) is 1. The molecule has 0 spiro atoms. The Labute approximate surface area is 154 Å². The van der Waals surface area contributed by atoms with Gasteiger partial charge < -0.3 is 19.6 Å². The number of carbonyl (C=O) groups excluding carboxylic acids is 1. The zero-order valence-corrected chi connectivity index (χ0v) is 15.4. The van der Waals surface area contributed by atoms with Crippen LogP contribution in [0.2, 0.25) is 0 Å². The van der Waals surface area contributed by atoms with Gasteiger partial charge in [-0.2, -0.15) is 0 Å². The first-order valence-corrected chi connectivity index (χ1v) is 9.08. The minimum atomic E-state index is 0.0324. The molecule has 1 saturated heterocycles. The van der Waals surface area contributed by atoms with Crippen LogP contribution in [0.3, 0.4) is 0 Å². The second kappa shape index (κ2) is 8.23. The van der Waals surface area contributed by atoms with E-state index in [0.29, 0.717) is 25.2 Å². The van der Waals surface area contributed by atoms with Gasteiger partial charge in [0.05, 0.1) is 19.7 Å². The topological polar surface area (TPSA) is 53.0 Å². The van der Waals surface area contributed by atoms with E-state index in [4.69, 9.17) is 9.84 Å². The Balaban J connectivity index is 1.54. The van der Waals surface area contributed by atoms with Crippen molar-refractivity contribution in [1.29, 1.82) is 0 Å². The van der Waals surface area contributed by atoms with E-state index < -0.39 is 0 Å². The lowest BCUT2D eigenvalue weighted by Crippen LogP contribution is -2.56. The second-order valence-electron chi connectivity index (χ2n) is 6.60. The van der Waals surface area contributed by atoms with Crippen LogP contribution in [0.5, 0.6) is 5.75 Å². The van der Waals surface area contributed by atoms with Gasteiger partial charge in [-0.3, -0.25) is 4.79 Å². The van der Waals surface area contributed by atoms with E-state index in [1.54, 1.807) is 0 Å². The Kier molecular flexibility index (Phi) is 5.78. The molecule has 1 heterocycles. The number of aryl methyl sites for hydroxylation is 1. The monoisotopic (exact) mass is 354 g/mol. The van der Waals surface area contributed by atoms with Crippen LogP contribution in [-0.4, -0.2) is 55.3 Å². The lowest BCUT2D eigenvalue weighted by Gasteiger charge is -2.39. The normalized spacial score (nSPS) is 14.0. The number of nitrogens with zero attached hydrogens (tertiary/aromatic N) is 2. The molecule has 1 aliphatic rings. The maximum Gasteiger partial charge on any atom is 0.254 e. The van der Waals surface area contributed by atoms with Crippen molar-refractivity contribution >= 4 is 11.6 Å². The first-order chi connectivity index (χ1) is 12.6. The van der Waals surface area contributed by atoms with Crippen LogP contribution in [0.4, 0.5) is 5.69 Å². The number of ether oxygens (including phenoxy) is 1. The highest BCUT2D eigenvalue weighted by atomic mass is 16.5. The van der Waals surface area contributed by atoms with Crippen molar-refractivity contribution in [2.24, 2.45) is 0 Å². The molecule has 0 unspecified atom stereocenters. The molecule has 1 N–H and O–H groups in total. The van der Waals surface area contributed by atoms with E-state index in [2.05, 4.69) is 13.0 Å². The van der Waals surface area contributed by atoms with E-state index in [1.165, 1.54) is 5.56 Å². The van der Waals surface area contributed by atoms with Crippen LogP contribution in [0, 0.1) is 0 Å².